The molecule has 28 heavy (non-hydrogen) atoms. The predicted molar refractivity (Wildman–Crippen MR) is 104 cm³/mol. The van der Waals surface area contributed by atoms with E-state index in [-0.39, 0.29) is 11.3 Å². The normalized spacial score (nSPS) is 22.1. The summed E-state index contributed by atoms with van der Waals surface area (Å²) in [6.07, 6.45) is 8.46. The summed E-state index contributed by atoms with van der Waals surface area (Å²) in [6.45, 7) is 4.20. The number of carbonyl (C=O) groups is 1. The Morgan fingerprint density at radius 3 is 2.82 bits per heavy atom. The monoisotopic (exact) mass is 384 g/mol. The van der Waals surface area contributed by atoms with Crippen LogP contribution in [0.5, 0.6) is 0 Å². The molecule has 8 nitrogen and oxygen atoms in total. The third kappa shape index (κ3) is 3.93. The zero-order chi connectivity index (χ0) is 19.6. The standard InChI is InChI=1S/C20H28N6O2/c1-24-15-22-18(23-24)19(27)25-8-5-20(6-9-25)10-17(13-28-2)26(14-20)12-16-4-3-7-21-11-16/h3-4,7,11,15,17H,5-6,8-10,12-14H2,1-2H3/t17-/m1/s1. The van der Waals surface area contributed by atoms with Crippen LogP contribution in [0.25, 0.3) is 0 Å². The summed E-state index contributed by atoms with van der Waals surface area (Å²) in [6, 6.07) is 4.52. The highest BCUT2D eigenvalue weighted by Crippen LogP contribution is 2.44. The largest absolute Gasteiger partial charge is 0.383 e. The first-order chi connectivity index (χ1) is 13.6. The average Bonchev–Trinajstić information content (AvgIpc) is 3.27. The van der Waals surface area contributed by atoms with E-state index in [0.29, 0.717) is 11.9 Å². The molecule has 0 saturated carbocycles. The van der Waals surface area contributed by atoms with Gasteiger partial charge < -0.3 is 9.64 Å². The van der Waals surface area contributed by atoms with E-state index in [1.54, 1.807) is 25.2 Å². The minimum atomic E-state index is -0.0610. The summed E-state index contributed by atoms with van der Waals surface area (Å²) in [4.78, 5) is 25.4. The van der Waals surface area contributed by atoms with Crippen LogP contribution in [0, 0.1) is 5.41 Å². The first kappa shape index (κ1) is 19.0. The molecule has 2 aromatic rings. The summed E-state index contributed by atoms with van der Waals surface area (Å²) in [5.41, 5.74) is 1.48. The Balaban J connectivity index is 1.40. The van der Waals surface area contributed by atoms with Gasteiger partial charge in [-0.15, -0.1) is 5.10 Å². The van der Waals surface area contributed by atoms with E-state index in [1.807, 2.05) is 23.4 Å². The molecule has 2 fully saturated rings. The number of ether oxygens (including phenoxy) is 1. The average molecular weight is 384 g/mol. The van der Waals surface area contributed by atoms with E-state index in [0.717, 1.165) is 52.0 Å². The maximum Gasteiger partial charge on any atom is 0.293 e. The zero-order valence-electron chi connectivity index (χ0n) is 16.6. The van der Waals surface area contributed by atoms with Crippen LogP contribution in [0.1, 0.15) is 35.4 Å². The molecule has 0 radical (unpaired) electrons. The van der Waals surface area contributed by atoms with Crippen molar-refractivity contribution in [1.29, 1.82) is 0 Å². The third-order valence-electron chi connectivity index (χ3n) is 6.09. The molecule has 150 valence electrons. The zero-order valence-corrected chi connectivity index (χ0v) is 16.6. The highest BCUT2D eigenvalue weighted by Gasteiger charge is 2.46. The summed E-state index contributed by atoms with van der Waals surface area (Å²) in [5.74, 6) is 0.231. The van der Waals surface area contributed by atoms with Gasteiger partial charge in [-0.1, -0.05) is 6.07 Å². The first-order valence-corrected chi connectivity index (χ1v) is 9.85. The van der Waals surface area contributed by atoms with Crippen molar-refractivity contribution in [2.75, 3.05) is 33.4 Å². The first-order valence-electron chi connectivity index (χ1n) is 9.85. The quantitative estimate of drug-likeness (QED) is 0.775. The van der Waals surface area contributed by atoms with Gasteiger partial charge in [0, 0.05) is 58.8 Å². The van der Waals surface area contributed by atoms with Crippen molar-refractivity contribution in [2.45, 2.75) is 31.8 Å². The molecule has 8 heteroatoms. The minimum Gasteiger partial charge on any atom is -0.383 e. The van der Waals surface area contributed by atoms with Crippen LogP contribution in [-0.2, 0) is 18.3 Å². The predicted octanol–water partition coefficient (Wildman–Crippen LogP) is 1.35. The van der Waals surface area contributed by atoms with E-state index < -0.39 is 0 Å². The van der Waals surface area contributed by atoms with Gasteiger partial charge in [0.1, 0.15) is 6.33 Å². The number of hydrogen-bond donors (Lipinski definition) is 0. The third-order valence-corrected chi connectivity index (χ3v) is 6.09. The molecule has 1 atom stereocenters. The van der Waals surface area contributed by atoms with Gasteiger partial charge in [-0.25, -0.2) is 4.98 Å². The molecule has 2 saturated heterocycles. The molecule has 0 N–H and O–H groups in total. The van der Waals surface area contributed by atoms with Gasteiger partial charge in [0.15, 0.2) is 0 Å². The number of aromatic nitrogens is 4. The highest BCUT2D eigenvalue weighted by atomic mass is 16.5. The van der Waals surface area contributed by atoms with Crippen molar-refractivity contribution >= 4 is 5.91 Å². The molecule has 2 aliphatic rings. The number of carbonyl (C=O) groups excluding carboxylic acids is 1. The lowest BCUT2D eigenvalue weighted by Crippen LogP contribution is -2.44. The lowest BCUT2D eigenvalue weighted by molar-refractivity contribution is 0.0576. The topological polar surface area (TPSA) is 76.4 Å². The second kappa shape index (κ2) is 7.97. The van der Waals surface area contributed by atoms with Crippen molar-refractivity contribution in [3.63, 3.8) is 0 Å². The Morgan fingerprint density at radius 1 is 1.36 bits per heavy atom. The fourth-order valence-electron chi connectivity index (χ4n) is 4.65. The summed E-state index contributed by atoms with van der Waals surface area (Å²) in [5, 5.41) is 4.15. The number of methoxy groups -OCH3 is 1. The number of hydrogen-bond acceptors (Lipinski definition) is 6. The van der Waals surface area contributed by atoms with Gasteiger partial charge in [-0.3, -0.25) is 19.4 Å². The molecular weight excluding hydrogens is 356 g/mol. The van der Waals surface area contributed by atoms with Gasteiger partial charge in [-0.2, -0.15) is 0 Å². The minimum absolute atomic E-state index is 0.0610. The Kier molecular flexibility index (Phi) is 5.41. The summed E-state index contributed by atoms with van der Waals surface area (Å²) >= 11 is 0. The second-order valence-corrected chi connectivity index (χ2v) is 8.11. The van der Waals surface area contributed by atoms with Crippen molar-refractivity contribution < 1.29 is 9.53 Å². The van der Waals surface area contributed by atoms with Gasteiger partial charge in [-0.05, 0) is 36.3 Å². The molecule has 0 aromatic carbocycles. The van der Waals surface area contributed by atoms with Crippen molar-refractivity contribution in [3.05, 3.63) is 42.2 Å². The Labute approximate surface area is 165 Å². The molecule has 1 spiro atoms. The van der Waals surface area contributed by atoms with Crippen LogP contribution in [0.4, 0.5) is 0 Å². The molecule has 2 aliphatic heterocycles. The lowest BCUT2D eigenvalue weighted by atomic mass is 9.76. The Bertz CT molecular complexity index is 800. The molecule has 4 heterocycles. The van der Waals surface area contributed by atoms with E-state index in [9.17, 15) is 4.79 Å². The smallest absolute Gasteiger partial charge is 0.293 e. The van der Waals surface area contributed by atoms with Gasteiger partial charge in [0.2, 0.25) is 5.82 Å². The van der Waals surface area contributed by atoms with Crippen LogP contribution >= 0.6 is 0 Å². The SMILES string of the molecule is COC[C@H]1CC2(CCN(C(=O)c3ncn(C)n3)CC2)CN1Cc1cccnc1. The fraction of sp³-hybridized carbons (Fsp3) is 0.600. The Hall–Kier alpha value is -2.32. The van der Waals surface area contributed by atoms with E-state index in [1.165, 1.54) is 5.56 Å². The van der Waals surface area contributed by atoms with Gasteiger partial charge >= 0.3 is 0 Å². The van der Waals surface area contributed by atoms with Gasteiger partial charge in [0.25, 0.3) is 5.91 Å². The number of likely N-dealkylation sites (tertiary alicyclic amines) is 2. The fourth-order valence-corrected chi connectivity index (χ4v) is 4.65. The molecule has 0 aliphatic carbocycles. The van der Waals surface area contributed by atoms with Crippen LogP contribution in [0.15, 0.2) is 30.9 Å². The number of rotatable bonds is 5. The number of piperidine rings is 1. The number of aryl methyl sites for hydroxylation is 1. The van der Waals surface area contributed by atoms with Gasteiger partial charge in [0.05, 0.1) is 6.61 Å². The second-order valence-electron chi connectivity index (χ2n) is 8.11. The van der Waals surface area contributed by atoms with Crippen LogP contribution in [-0.4, -0.2) is 74.8 Å². The number of nitrogens with zero attached hydrogens (tertiary/aromatic N) is 6. The van der Waals surface area contributed by atoms with Crippen molar-refractivity contribution in [2.24, 2.45) is 12.5 Å². The molecule has 0 unspecified atom stereocenters. The number of pyridine rings is 1. The molecule has 0 bridgehead atoms. The van der Waals surface area contributed by atoms with E-state index in [4.69, 9.17) is 4.74 Å². The van der Waals surface area contributed by atoms with E-state index in [2.05, 4.69) is 26.0 Å². The molecule has 4 rings (SSSR count). The lowest BCUT2D eigenvalue weighted by Gasteiger charge is -2.39. The summed E-state index contributed by atoms with van der Waals surface area (Å²) in [7, 11) is 3.55. The maximum atomic E-state index is 12.6. The van der Waals surface area contributed by atoms with Crippen LogP contribution in [0.3, 0.4) is 0 Å². The van der Waals surface area contributed by atoms with Crippen LogP contribution < -0.4 is 0 Å². The maximum absolute atomic E-state index is 12.6. The summed E-state index contributed by atoms with van der Waals surface area (Å²) < 4.78 is 7.08. The van der Waals surface area contributed by atoms with Crippen molar-refractivity contribution in [1.82, 2.24) is 29.5 Å². The Morgan fingerprint density at radius 2 is 2.18 bits per heavy atom. The molecule has 2 aromatic heterocycles. The molecular formula is C20H28N6O2. The van der Waals surface area contributed by atoms with Crippen LogP contribution in [0.2, 0.25) is 0 Å². The molecule has 1 amide bonds. The highest BCUT2D eigenvalue weighted by molar-refractivity contribution is 5.90. The van der Waals surface area contributed by atoms with E-state index >= 15 is 0 Å². The van der Waals surface area contributed by atoms with Crippen molar-refractivity contribution in [3.8, 4) is 0 Å². The number of amides is 1.